The Balaban J connectivity index is 2.18. The van der Waals surface area contributed by atoms with E-state index in [1.165, 1.54) is 36.4 Å². The predicted molar refractivity (Wildman–Crippen MR) is 69.5 cm³/mol. The topological polar surface area (TPSA) is 35.5 Å². The quantitative estimate of drug-likeness (QED) is 0.628. The van der Waals surface area contributed by atoms with Gasteiger partial charge in [-0.2, -0.15) is 8.78 Å². The van der Waals surface area contributed by atoms with Gasteiger partial charge in [0.2, 0.25) is 0 Å². The average Bonchev–Trinajstić information content (AvgIpc) is 2.41. The molecule has 0 unspecified atom stereocenters. The first-order valence-corrected chi connectivity index (χ1v) is 5.95. The molecule has 0 saturated heterocycles. The van der Waals surface area contributed by atoms with Crippen molar-refractivity contribution in [2.45, 2.75) is 6.61 Å². The first-order valence-electron chi connectivity index (χ1n) is 5.58. The summed E-state index contributed by atoms with van der Waals surface area (Å²) in [6.07, 6.45) is 0. The highest BCUT2D eigenvalue weighted by Gasteiger charge is 2.17. The predicted octanol–water partition coefficient (Wildman–Crippen LogP) is 4.16. The van der Waals surface area contributed by atoms with Crippen LogP contribution in [-0.4, -0.2) is 12.6 Å². The lowest BCUT2D eigenvalue weighted by molar-refractivity contribution is -0.0503. The number of para-hydroxylation sites is 1. The van der Waals surface area contributed by atoms with Gasteiger partial charge >= 0.3 is 12.6 Å². The molecule has 0 aliphatic heterocycles. The van der Waals surface area contributed by atoms with E-state index in [0.717, 1.165) is 0 Å². The van der Waals surface area contributed by atoms with Gasteiger partial charge in [0.1, 0.15) is 17.1 Å². The smallest absolute Gasteiger partial charge is 0.387 e. The maximum atomic E-state index is 12.2. The van der Waals surface area contributed by atoms with Crippen molar-refractivity contribution in [3.05, 3.63) is 59.1 Å². The second kappa shape index (κ2) is 6.34. The summed E-state index contributed by atoms with van der Waals surface area (Å²) in [5, 5.41) is 0.492. The Morgan fingerprint density at radius 3 is 2.35 bits per heavy atom. The Labute approximate surface area is 118 Å². The molecule has 0 heterocycles. The van der Waals surface area contributed by atoms with Crippen LogP contribution in [0.25, 0.3) is 0 Å². The zero-order chi connectivity index (χ0) is 14.5. The average molecular weight is 299 g/mol. The van der Waals surface area contributed by atoms with Crippen molar-refractivity contribution in [2.24, 2.45) is 0 Å². The lowest BCUT2D eigenvalue weighted by Crippen LogP contribution is -2.12. The first kappa shape index (κ1) is 14.3. The molecule has 0 aliphatic carbocycles. The van der Waals surface area contributed by atoms with E-state index in [2.05, 4.69) is 4.74 Å². The number of hydrogen-bond acceptors (Lipinski definition) is 3. The summed E-state index contributed by atoms with van der Waals surface area (Å²) < 4.78 is 33.8. The largest absolute Gasteiger partial charge is 0.434 e. The maximum Gasteiger partial charge on any atom is 0.387 e. The van der Waals surface area contributed by atoms with Crippen LogP contribution in [0.3, 0.4) is 0 Å². The van der Waals surface area contributed by atoms with Crippen LogP contribution >= 0.6 is 11.6 Å². The van der Waals surface area contributed by atoms with Gasteiger partial charge in [0.05, 0.1) is 0 Å². The third-order valence-electron chi connectivity index (χ3n) is 2.35. The molecule has 0 aromatic heterocycles. The molecule has 3 nitrogen and oxygen atoms in total. The lowest BCUT2D eigenvalue weighted by atomic mass is 10.2. The van der Waals surface area contributed by atoms with Gasteiger partial charge in [-0.05, 0) is 36.4 Å². The molecule has 20 heavy (non-hydrogen) atoms. The molecule has 0 atom stereocenters. The van der Waals surface area contributed by atoms with Gasteiger partial charge in [0, 0.05) is 5.02 Å². The summed E-state index contributed by atoms with van der Waals surface area (Å²) in [5.74, 6) is -0.767. The summed E-state index contributed by atoms with van der Waals surface area (Å²) in [6, 6.07) is 11.7. The molecule has 0 bridgehead atoms. The highest BCUT2D eigenvalue weighted by molar-refractivity contribution is 6.30. The van der Waals surface area contributed by atoms with Gasteiger partial charge in [-0.15, -0.1) is 0 Å². The maximum absolute atomic E-state index is 12.2. The van der Waals surface area contributed by atoms with Crippen LogP contribution in [0, 0.1) is 0 Å². The van der Waals surface area contributed by atoms with Gasteiger partial charge in [0.25, 0.3) is 0 Å². The molecule has 0 saturated carbocycles. The minimum absolute atomic E-state index is 0.0808. The number of alkyl halides is 2. The van der Waals surface area contributed by atoms with Gasteiger partial charge in [0.15, 0.2) is 0 Å². The molecule has 2 aromatic carbocycles. The van der Waals surface area contributed by atoms with E-state index in [1.54, 1.807) is 12.1 Å². The van der Waals surface area contributed by atoms with Gasteiger partial charge in [-0.25, -0.2) is 4.79 Å². The van der Waals surface area contributed by atoms with Gasteiger partial charge in [-0.3, -0.25) is 0 Å². The molecule has 104 valence electrons. The van der Waals surface area contributed by atoms with Crippen molar-refractivity contribution < 1.29 is 23.0 Å². The number of rotatable bonds is 4. The van der Waals surface area contributed by atoms with E-state index in [1.807, 2.05) is 0 Å². The molecular formula is C14H9ClF2O3. The minimum Gasteiger partial charge on any atom is -0.434 e. The number of esters is 1. The summed E-state index contributed by atoms with van der Waals surface area (Å²) >= 11 is 5.70. The third kappa shape index (κ3) is 3.68. The van der Waals surface area contributed by atoms with Crippen LogP contribution < -0.4 is 9.47 Å². The van der Waals surface area contributed by atoms with E-state index in [0.29, 0.717) is 5.02 Å². The Kier molecular flexibility index (Phi) is 4.53. The minimum atomic E-state index is -3.01. The van der Waals surface area contributed by atoms with Crippen molar-refractivity contribution in [2.75, 3.05) is 0 Å². The highest BCUT2D eigenvalue weighted by Crippen LogP contribution is 2.23. The Hall–Kier alpha value is -2.14. The molecule has 0 radical (unpaired) electrons. The summed E-state index contributed by atoms with van der Waals surface area (Å²) in [7, 11) is 0. The number of benzene rings is 2. The molecule has 0 spiro atoms. The van der Waals surface area contributed by atoms with E-state index < -0.39 is 12.6 Å². The van der Waals surface area contributed by atoms with E-state index >= 15 is 0 Å². The number of ether oxygens (including phenoxy) is 2. The SMILES string of the molecule is O=C(Oc1ccc(Cl)cc1)c1ccccc1OC(F)F. The van der Waals surface area contributed by atoms with E-state index in [-0.39, 0.29) is 17.1 Å². The molecule has 0 amide bonds. The fraction of sp³-hybridized carbons (Fsp3) is 0.0714. The summed E-state index contributed by atoms with van der Waals surface area (Å²) in [6.45, 7) is -3.01. The Morgan fingerprint density at radius 2 is 1.70 bits per heavy atom. The van der Waals surface area contributed by atoms with E-state index in [4.69, 9.17) is 16.3 Å². The second-order valence-electron chi connectivity index (χ2n) is 3.72. The number of halogens is 3. The number of hydrogen-bond donors (Lipinski definition) is 0. The van der Waals surface area contributed by atoms with Crippen molar-refractivity contribution in [3.8, 4) is 11.5 Å². The summed E-state index contributed by atoms with van der Waals surface area (Å²) in [5.41, 5.74) is -0.0808. The van der Waals surface area contributed by atoms with Gasteiger partial charge in [-0.1, -0.05) is 23.7 Å². The highest BCUT2D eigenvalue weighted by atomic mass is 35.5. The first-order chi connectivity index (χ1) is 9.56. The van der Waals surface area contributed by atoms with Crippen molar-refractivity contribution >= 4 is 17.6 Å². The van der Waals surface area contributed by atoms with Crippen molar-refractivity contribution in [1.82, 2.24) is 0 Å². The fourth-order valence-electron chi connectivity index (χ4n) is 1.50. The monoisotopic (exact) mass is 298 g/mol. The van der Waals surface area contributed by atoms with Crippen LogP contribution in [0.1, 0.15) is 10.4 Å². The zero-order valence-corrected chi connectivity index (χ0v) is 10.8. The van der Waals surface area contributed by atoms with Crippen LogP contribution in [0.15, 0.2) is 48.5 Å². The molecule has 0 N–H and O–H groups in total. The molecule has 0 fully saturated rings. The van der Waals surface area contributed by atoms with E-state index in [9.17, 15) is 13.6 Å². The zero-order valence-electron chi connectivity index (χ0n) is 10.1. The Bertz CT molecular complexity index is 600. The molecule has 2 aromatic rings. The van der Waals surface area contributed by atoms with Crippen molar-refractivity contribution in [1.29, 1.82) is 0 Å². The van der Waals surface area contributed by atoms with Crippen LogP contribution in [0.2, 0.25) is 5.02 Å². The number of carbonyl (C=O) groups is 1. The number of carbonyl (C=O) groups excluding carboxylic acids is 1. The molecule has 0 aliphatic rings. The Morgan fingerprint density at radius 1 is 1.05 bits per heavy atom. The fourth-order valence-corrected chi connectivity index (χ4v) is 1.62. The van der Waals surface area contributed by atoms with Gasteiger partial charge < -0.3 is 9.47 Å². The summed E-state index contributed by atoms with van der Waals surface area (Å²) in [4.78, 5) is 11.9. The molecule has 2 rings (SSSR count). The second-order valence-corrected chi connectivity index (χ2v) is 4.15. The third-order valence-corrected chi connectivity index (χ3v) is 2.60. The van der Waals surface area contributed by atoms with Crippen LogP contribution in [0.5, 0.6) is 11.5 Å². The molecule has 6 heteroatoms. The van der Waals surface area contributed by atoms with Crippen LogP contribution in [-0.2, 0) is 0 Å². The standard InChI is InChI=1S/C14H9ClF2O3/c15-9-5-7-10(8-6-9)19-13(18)11-3-1-2-4-12(11)20-14(16)17/h1-8,14H. The van der Waals surface area contributed by atoms with Crippen LogP contribution in [0.4, 0.5) is 8.78 Å². The van der Waals surface area contributed by atoms with Crippen molar-refractivity contribution in [3.63, 3.8) is 0 Å². The molecular weight excluding hydrogens is 290 g/mol. The lowest BCUT2D eigenvalue weighted by Gasteiger charge is -2.10. The normalized spacial score (nSPS) is 10.4.